The number of hydrogen-bond donors (Lipinski definition) is 0. The van der Waals surface area contributed by atoms with Gasteiger partial charge in [0.2, 0.25) is 5.91 Å². The Labute approximate surface area is 171 Å². The van der Waals surface area contributed by atoms with Gasteiger partial charge in [0.25, 0.3) is 0 Å². The fourth-order valence-corrected chi connectivity index (χ4v) is 4.02. The molecule has 1 saturated heterocycles. The molecular weight excluding hydrogens is 374 g/mol. The van der Waals surface area contributed by atoms with Crippen molar-refractivity contribution in [3.63, 3.8) is 0 Å². The molecule has 0 N–H and O–H groups in total. The molecule has 2 heterocycles. The average molecular weight is 400 g/mol. The molecule has 1 amide bonds. The van der Waals surface area contributed by atoms with E-state index >= 15 is 0 Å². The van der Waals surface area contributed by atoms with E-state index in [0.29, 0.717) is 38.9 Å². The predicted molar refractivity (Wildman–Crippen MR) is 110 cm³/mol. The van der Waals surface area contributed by atoms with Gasteiger partial charge in [-0.1, -0.05) is 23.7 Å². The number of para-hydroxylation sites is 1. The Hall–Kier alpha value is -2.52. The number of hydrogen-bond acceptors (Lipinski definition) is 4. The molecule has 0 unspecified atom stereocenters. The molecule has 28 heavy (non-hydrogen) atoms. The van der Waals surface area contributed by atoms with Gasteiger partial charge < -0.3 is 9.80 Å². The molecule has 1 aromatic carbocycles. The molecule has 1 aliphatic heterocycles. The molecule has 0 radical (unpaired) electrons. The Morgan fingerprint density at radius 1 is 1.21 bits per heavy atom. The van der Waals surface area contributed by atoms with Gasteiger partial charge in [0.1, 0.15) is 0 Å². The Balaban J connectivity index is 1.54. The van der Waals surface area contributed by atoms with E-state index in [2.05, 4.69) is 16.1 Å². The number of rotatable bonds is 6. The minimum atomic E-state index is 0.183. The number of benzene rings is 1. The maximum absolute atomic E-state index is 12.7. The molecule has 148 valence electrons. The molecule has 0 atom stereocenters. The van der Waals surface area contributed by atoms with Gasteiger partial charge in [0.15, 0.2) is 0 Å². The summed E-state index contributed by atoms with van der Waals surface area (Å²) in [6.45, 7) is 7.59. The van der Waals surface area contributed by atoms with Crippen LogP contribution in [-0.2, 0) is 17.8 Å². The standard InChI is InChI=1S/C21H26ClN5O/c1-16-18(17(2)27(24-16)11-5-10-23)8-9-21(28)26-14-12-25(13-15-26)20-7-4-3-6-19(20)22/h3-4,6-7H,5,8-9,11-15H2,1-2H3. The minimum absolute atomic E-state index is 0.183. The summed E-state index contributed by atoms with van der Waals surface area (Å²) < 4.78 is 1.88. The Morgan fingerprint density at radius 3 is 2.61 bits per heavy atom. The van der Waals surface area contributed by atoms with Gasteiger partial charge in [-0.15, -0.1) is 0 Å². The molecule has 2 aromatic rings. The average Bonchev–Trinajstić information content (AvgIpc) is 2.98. The SMILES string of the molecule is Cc1nn(CCC#N)c(C)c1CCC(=O)N1CCN(c2ccccc2Cl)CC1. The number of carbonyl (C=O) groups is 1. The van der Waals surface area contributed by atoms with Gasteiger partial charge in [-0.2, -0.15) is 10.4 Å². The summed E-state index contributed by atoms with van der Waals surface area (Å²) in [5.74, 6) is 0.183. The maximum atomic E-state index is 12.7. The van der Waals surface area contributed by atoms with Crippen LogP contribution >= 0.6 is 11.6 Å². The Bertz CT molecular complexity index is 877. The molecule has 7 heteroatoms. The van der Waals surface area contributed by atoms with E-state index in [1.807, 2.05) is 47.7 Å². The number of anilines is 1. The number of nitrogens with zero attached hydrogens (tertiary/aromatic N) is 5. The highest BCUT2D eigenvalue weighted by Gasteiger charge is 2.23. The van der Waals surface area contributed by atoms with Gasteiger partial charge in [-0.3, -0.25) is 9.48 Å². The molecular formula is C21H26ClN5O. The topological polar surface area (TPSA) is 65.2 Å². The molecule has 0 aliphatic carbocycles. The fourth-order valence-electron chi connectivity index (χ4n) is 3.76. The number of aryl methyl sites for hydroxylation is 2. The number of nitriles is 1. The molecule has 1 fully saturated rings. The molecule has 6 nitrogen and oxygen atoms in total. The summed E-state index contributed by atoms with van der Waals surface area (Å²) in [6, 6.07) is 9.99. The third-order valence-corrected chi connectivity index (χ3v) is 5.70. The van der Waals surface area contributed by atoms with E-state index < -0.39 is 0 Å². The second-order valence-corrected chi connectivity index (χ2v) is 7.51. The summed E-state index contributed by atoms with van der Waals surface area (Å²) in [6.07, 6.45) is 1.61. The van der Waals surface area contributed by atoms with Crippen LogP contribution in [-0.4, -0.2) is 46.8 Å². The normalized spacial score (nSPS) is 14.2. The number of amides is 1. The zero-order valence-electron chi connectivity index (χ0n) is 16.5. The minimum Gasteiger partial charge on any atom is -0.367 e. The van der Waals surface area contributed by atoms with Gasteiger partial charge in [0, 0.05) is 38.3 Å². The van der Waals surface area contributed by atoms with Crippen LogP contribution in [0.25, 0.3) is 0 Å². The molecule has 0 saturated carbocycles. The third kappa shape index (κ3) is 4.48. The summed E-state index contributed by atoms with van der Waals surface area (Å²) in [5.41, 5.74) is 4.17. The predicted octanol–water partition coefficient (Wildman–Crippen LogP) is 3.35. The monoisotopic (exact) mass is 399 g/mol. The zero-order chi connectivity index (χ0) is 20.1. The lowest BCUT2D eigenvalue weighted by Crippen LogP contribution is -2.49. The highest BCUT2D eigenvalue weighted by atomic mass is 35.5. The number of halogens is 1. The van der Waals surface area contributed by atoms with E-state index in [1.54, 1.807) is 0 Å². The van der Waals surface area contributed by atoms with Crippen LogP contribution < -0.4 is 4.90 Å². The molecule has 0 spiro atoms. The van der Waals surface area contributed by atoms with Crippen molar-refractivity contribution in [1.82, 2.24) is 14.7 Å². The van der Waals surface area contributed by atoms with Crippen molar-refractivity contribution in [3.05, 3.63) is 46.2 Å². The van der Waals surface area contributed by atoms with Crippen molar-refractivity contribution in [3.8, 4) is 6.07 Å². The van der Waals surface area contributed by atoms with Gasteiger partial charge in [-0.05, 0) is 38.0 Å². The van der Waals surface area contributed by atoms with E-state index in [1.165, 1.54) is 0 Å². The number of carbonyl (C=O) groups excluding carboxylic acids is 1. The number of aromatic nitrogens is 2. The first kappa shape index (κ1) is 20.2. The maximum Gasteiger partial charge on any atom is 0.223 e. The van der Waals surface area contributed by atoms with Crippen LogP contribution in [0.1, 0.15) is 29.8 Å². The van der Waals surface area contributed by atoms with Gasteiger partial charge in [-0.25, -0.2) is 0 Å². The van der Waals surface area contributed by atoms with Crippen LogP contribution in [0.15, 0.2) is 24.3 Å². The van der Waals surface area contributed by atoms with Crippen molar-refractivity contribution in [2.75, 3.05) is 31.1 Å². The van der Waals surface area contributed by atoms with Crippen LogP contribution in [0.5, 0.6) is 0 Å². The third-order valence-electron chi connectivity index (χ3n) is 5.38. The first-order valence-electron chi connectivity index (χ1n) is 9.68. The van der Waals surface area contributed by atoms with Gasteiger partial charge in [0.05, 0.1) is 35.4 Å². The lowest BCUT2D eigenvalue weighted by atomic mass is 10.1. The van der Waals surface area contributed by atoms with Crippen molar-refractivity contribution in [2.24, 2.45) is 0 Å². The molecule has 1 aliphatic rings. The van der Waals surface area contributed by atoms with E-state index in [0.717, 1.165) is 40.8 Å². The fraction of sp³-hybridized carbons (Fsp3) is 0.476. The number of piperazine rings is 1. The van der Waals surface area contributed by atoms with E-state index in [9.17, 15) is 4.79 Å². The van der Waals surface area contributed by atoms with Gasteiger partial charge >= 0.3 is 0 Å². The quantitative estimate of drug-likeness (QED) is 0.747. The highest BCUT2D eigenvalue weighted by Crippen LogP contribution is 2.26. The van der Waals surface area contributed by atoms with Crippen LogP contribution in [0.2, 0.25) is 5.02 Å². The zero-order valence-corrected chi connectivity index (χ0v) is 17.2. The summed E-state index contributed by atoms with van der Waals surface area (Å²) >= 11 is 6.29. The Morgan fingerprint density at radius 2 is 1.93 bits per heavy atom. The van der Waals surface area contributed by atoms with Crippen molar-refractivity contribution < 1.29 is 4.79 Å². The molecule has 1 aromatic heterocycles. The summed E-state index contributed by atoms with van der Waals surface area (Å²) in [5, 5.41) is 14.0. The first-order valence-corrected chi connectivity index (χ1v) is 10.1. The van der Waals surface area contributed by atoms with Crippen molar-refractivity contribution in [1.29, 1.82) is 5.26 Å². The van der Waals surface area contributed by atoms with Crippen LogP contribution in [0, 0.1) is 25.2 Å². The highest BCUT2D eigenvalue weighted by molar-refractivity contribution is 6.33. The summed E-state index contributed by atoms with van der Waals surface area (Å²) in [4.78, 5) is 16.9. The Kier molecular flexibility index (Phi) is 6.58. The van der Waals surface area contributed by atoms with E-state index in [-0.39, 0.29) is 5.91 Å². The first-order chi connectivity index (χ1) is 13.5. The second-order valence-electron chi connectivity index (χ2n) is 7.10. The van der Waals surface area contributed by atoms with Crippen LogP contribution in [0.4, 0.5) is 5.69 Å². The van der Waals surface area contributed by atoms with Crippen molar-refractivity contribution >= 4 is 23.2 Å². The summed E-state index contributed by atoms with van der Waals surface area (Å²) in [7, 11) is 0. The lowest BCUT2D eigenvalue weighted by Gasteiger charge is -2.36. The van der Waals surface area contributed by atoms with Crippen molar-refractivity contribution in [2.45, 2.75) is 39.7 Å². The lowest BCUT2D eigenvalue weighted by molar-refractivity contribution is -0.131. The smallest absolute Gasteiger partial charge is 0.223 e. The van der Waals surface area contributed by atoms with E-state index in [4.69, 9.17) is 16.9 Å². The van der Waals surface area contributed by atoms with Crippen LogP contribution in [0.3, 0.4) is 0 Å². The molecule has 3 rings (SSSR count). The molecule has 0 bridgehead atoms. The second kappa shape index (κ2) is 9.11. The largest absolute Gasteiger partial charge is 0.367 e.